The Balaban J connectivity index is 2.54. The molecule has 82 valence electrons. The molecule has 0 aromatic carbocycles. The van der Waals surface area contributed by atoms with E-state index in [0.29, 0.717) is 13.1 Å². The summed E-state index contributed by atoms with van der Waals surface area (Å²) in [6.45, 7) is 7.06. The van der Waals surface area contributed by atoms with Crippen molar-refractivity contribution in [1.29, 1.82) is 0 Å². The predicted molar refractivity (Wildman–Crippen MR) is 53.1 cm³/mol. The Morgan fingerprint density at radius 1 is 1.43 bits per heavy atom. The number of rotatable bonds is 2. The molecule has 0 bridgehead atoms. The summed E-state index contributed by atoms with van der Waals surface area (Å²) in [5.41, 5.74) is 0. The van der Waals surface area contributed by atoms with E-state index in [4.69, 9.17) is 9.47 Å². The lowest BCUT2D eigenvalue weighted by Crippen LogP contribution is -2.51. The van der Waals surface area contributed by atoms with E-state index in [0.717, 1.165) is 0 Å². The highest BCUT2D eigenvalue weighted by Crippen LogP contribution is 2.12. The Kier molecular flexibility index (Phi) is 3.89. The summed E-state index contributed by atoms with van der Waals surface area (Å²) in [5.74, 6) is 0.0505. The van der Waals surface area contributed by atoms with Crippen LogP contribution in [0, 0.1) is 0 Å². The second-order valence-electron chi connectivity index (χ2n) is 3.88. The molecule has 0 aromatic heterocycles. The SMILES string of the molecule is COC(C)C(=O)N1CC(C)OC(C)C1. The van der Waals surface area contributed by atoms with E-state index in [1.807, 2.05) is 18.7 Å². The van der Waals surface area contributed by atoms with E-state index in [9.17, 15) is 4.79 Å². The molecule has 3 unspecified atom stereocenters. The first kappa shape index (κ1) is 11.5. The highest BCUT2D eigenvalue weighted by molar-refractivity contribution is 5.80. The molecule has 3 atom stereocenters. The van der Waals surface area contributed by atoms with Crippen LogP contribution in [0.25, 0.3) is 0 Å². The third-order valence-corrected chi connectivity index (χ3v) is 2.43. The van der Waals surface area contributed by atoms with Gasteiger partial charge in [-0.05, 0) is 20.8 Å². The van der Waals surface area contributed by atoms with Crippen molar-refractivity contribution in [2.45, 2.75) is 39.1 Å². The van der Waals surface area contributed by atoms with E-state index in [-0.39, 0.29) is 24.2 Å². The van der Waals surface area contributed by atoms with Gasteiger partial charge < -0.3 is 14.4 Å². The van der Waals surface area contributed by atoms with Gasteiger partial charge in [0.1, 0.15) is 6.10 Å². The van der Waals surface area contributed by atoms with Crippen LogP contribution in [0.1, 0.15) is 20.8 Å². The molecule has 1 aliphatic heterocycles. The number of morpholine rings is 1. The fourth-order valence-corrected chi connectivity index (χ4v) is 1.72. The van der Waals surface area contributed by atoms with Crippen LogP contribution < -0.4 is 0 Å². The van der Waals surface area contributed by atoms with E-state index in [2.05, 4.69) is 0 Å². The van der Waals surface area contributed by atoms with Crippen molar-refractivity contribution in [1.82, 2.24) is 4.90 Å². The van der Waals surface area contributed by atoms with Gasteiger partial charge in [-0.25, -0.2) is 0 Å². The van der Waals surface area contributed by atoms with Gasteiger partial charge in [-0.15, -0.1) is 0 Å². The molecule has 4 heteroatoms. The summed E-state index contributed by atoms with van der Waals surface area (Å²) in [4.78, 5) is 13.6. The topological polar surface area (TPSA) is 38.8 Å². The van der Waals surface area contributed by atoms with Gasteiger partial charge in [0.15, 0.2) is 0 Å². The van der Waals surface area contributed by atoms with Gasteiger partial charge in [-0.3, -0.25) is 4.79 Å². The van der Waals surface area contributed by atoms with Crippen LogP contribution in [0.2, 0.25) is 0 Å². The van der Waals surface area contributed by atoms with Crippen molar-refractivity contribution in [2.24, 2.45) is 0 Å². The van der Waals surface area contributed by atoms with E-state index in [1.54, 1.807) is 14.0 Å². The quantitative estimate of drug-likeness (QED) is 0.658. The fraction of sp³-hybridized carbons (Fsp3) is 0.900. The summed E-state index contributed by atoms with van der Waals surface area (Å²) in [7, 11) is 1.55. The first-order valence-electron chi connectivity index (χ1n) is 5.01. The average Bonchev–Trinajstić information content (AvgIpc) is 2.14. The van der Waals surface area contributed by atoms with Crippen molar-refractivity contribution in [3.05, 3.63) is 0 Å². The maximum absolute atomic E-state index is 11.8. The number of amides is 1. The second-order valence-corrected chi connectivity index (χ2v) is 3.88. The predicted octanol–water partition coefficient (Wildman–Crippen LogP) is 0.657. The lowest BCUT2D eigenvalue weighted by Gasteiger charge is -2.36. The van der Waals surface area contributed by atoms with Crippen LogP contribution >= 0.6 is 0 Å². The smallest absolute Gasteiger partial charge is 0.251 e. The van der Waals surface area contributed by atoms with Crippen LogP contribution in [-0.4, -0.2) is 49.3 Å². The molecule has 0 aliphatic carbocycles. The molecule has 1 rings (SSSR count). The van der Waals surface area contributed by atoms with Gasteiger partial charge in [-0.2, -0.15) is 0 Å². The van der Waals surface area contributed by atoms with Crippen LogP contribution in [0.3, 0.4) is 0 Å². The summed E-state index contributed by atoms with van der Waals surface area (Å²) < 4.78 is 10.5. The zero-order valence-corrected chi connectivity index (χ0v) is 9.32. The normalized spacial score (nSPS) is 30.1. The summed E-state index contributed by atoms with van der Waals surface area (Å²) in [6, 6.07) is 0. The minimum absolute atomic E-state index is 0.0505. The van der Waals surface area contributed by atoms with Crippen molar-refractivity contribution in [3.63, 3.8) is 0 Å². The first-order valence-corrected chi connectivity index (χ1v) is 5.01. The number of carbonyl (C=O) groups excluding carboxylic acids is 1. The van der Waals surface area contributed by atoms with Crippen LogP contribution in [0.4, 0.5) is 0 Å². The Hall–Kier alpha value is -0.610. The van der Waals surface area contributed by atoms with Crippen molar-refractivity contribution in [3.8, 4) is 0 Å². The largest absolute Gasteiger partial charge is 0.372 e. The van der Waals surface area contributed by atoms with E-state index in [1.165, 1.54) is 0 Å². The monoisotopic (exact) mass is 201 g/mol. The molecule has 0 aromatic rings. The number of hydrogen-bond acceptors (Lipinski definition) is 3. The third kappa shape index (κ3) is 2.69. The van der Waals surface area contributed by atoms with E-state index < -0.39 is 0 Å². The number of ether oxygens (including phenoxy) is 2. The van der Waals surface area contributed by atoms with Gasteiger partial charge >= 0.3 is 0 Å². The maximum atomic E-state index is 11.8. The van der Waals surface area contributed by atoms with Gasteiger partial charge in [0, 0.05) is 20.2 Å². The fourth-order valence-electron chi connectivity index (χ4n) is 1.72. The second kappa shape index (κ2) is 4.75. The molecule has 14 heavy (non-hydrogen) atoms. The molecule has 0 spiro atoms. The summed E-state index contributed by atoms with van der Waals surface area (Å²) in [5, 5.41) is 0. The zero-order chi connectivity index (χ0) is 10.7. The van der Waals surface area contributed by atoms with Crippen molar-refractivity contribution in [2.75, 3.05) is 20.2 Å². The highest BCUT2D eigenvalue weighted by Gasteiger charge is 2.28. The zero-order valence-electron chi connectivity index (χ0n) is 9.32. The highest BCUT2D eigenvalue weighted by atomic mass is 16.5. The van der Waals surface area contributed by atoms with Crippen LogP contribution in [0.15, 0.2) is 0 Å². The first-order chi connectivity index (χ1) is 6.54. The lowest BCUT2D eigenvalue weighted by molar-refractivity contribution is -0.152. The number of methoxy groups -OCH3 is 1. The maximum Gasteiger partial charge on any atom is 0.251 e. The molecule has 1 aliphatic rings. The van der Waals surface area contributed by atoms with Crippen molar-refractivity contribution >= 4 is 5.91 Å². The number of hydrogen-bond donors (Lipinski definition) is 0. The van der Waals surface area contributed by atoms with Gasteiger partial charge in [-0.1, -0.05) is 0 Å². The molecular formula is C10H19NO3. The van der Waals surface area contributed by atoms with Gasteiger partial charge in [0.2, 0.25) is 0 Å². The molecule has 1 fully saturated rings. The molecule has 1 saturated heterocycles. The van der Waals surface area contributed by atoms with Gasteiger partial charge in [0.05, 0.1) is 12.2 Å². The molecular weight excluding hydrogens is 182 g/mol. The Labute approximate surface area is 85.2 Å². The molecule has 0 radical (unpaired) electrons. The van der Waals surface area contributed by atoms with Crippen LogP contribution in [-0.2, 0) is 14.3 Å². The Morgan fingerprint density at radius 2 is 1.93 bits per heavy atom. The van der Waals surface area contributed by atoms with E-state index >= 15 is 0 Å². The lowest BCUT2D eigenvalue weighted by atomic mass is 10.2. The summed E-state index contributed by atoms with van der Waals surface area (Å²) in [6.07, 6.45) is -0.119. The molecule has 1 amide bonds. The number of nitrogens with zero attached hydrogens (tertiary/aromatic N) is 1. The molecule has 0 saturated carbocycles. The van der Waals surface area contributed by atoms with Crippen molar-refractivity contribution < 1.29 is 14.3 Å². The molecule has 4 nitrogen and oxygen atoms in total. The Bertz CT molecular complexity index is 198. The third-order valence-electron chi connectivity index (χ3n) is 2.43. The summed E-state index contributed by atoms with van der Waals surface area (Å²) >= 11 is 0. The minimum atomic E-state index is -0.354. The minimum Gasteiger partial charge on any atom is -0.372 e. The average molecular weight is 201 g/mol. The number of carbonyl (C=O) groups is 1. The Morgan fingerprint density at radius 3 is 2.36 bits per heavy atom. The van der Waals surface area contributed by atoms with Gasteiger partial charge in [0.25, 0.3) is 5.91 Å². The molecule has 1 heterocycles. The standard InChI is InChI=1S/C10H19NO3/c1-7-5-11(6-8(2)14-7)10(12)9(3)13-4/h7-9H,5-6H2,1-4H3. The van der Waals surface area contributed by atoms with Crippen LogP contribution in [0.5, 0.6) is 0 Å². The molecule has 0 N–H and O–H groups in total.